The number of carbonyl (C=O) groups is 2. The zero-order chi connectivity index (χ0) is 18.6. The van der Waals surface area contributed by atoms with E-state index in [9.17, 15) is 18.4 Å². The van der Waals surface area contributed by atoms with E-state index in [1.54, 1.807) is 4.90 Å². The van der Waals surface area contributed by atoms with Gasteiger partial charge < -0.3 is 10.2 Å². The molecule has 0 aliphatic heterocycles. The van der Waals surface area contributed by atoms with E-state index in [4.69, 9.17) is 0 Å². The Labute approximate surface area is 145 Å². The number of benzene rings is 2. The summed E-state index contributed by atoms with van der Waals surface area (Å²) < 4.78 is 26.1. The third-order valence-electron chi connectivity index (χ3n) is 3.99. The summed E-state index contributed by atoms with van der Waals surface area (Å²) in [4.78, 5) is 25.4. The third kappa shape index (κ3) is 4.62. The second-order valence-electron chi connectivity index (χ2n) is 5.82. The quantitative estimate of drug-likeness (QED) is 0.902. The Balaban J connectivity index is 2.01. The predicted molar refractivity (Wildman–Crippen MR) is 92.6 cm³/mol. The molecule has 6 heteroatoms. The van der Waals surface area contributed by atoms with Gasteiger partial charge in [0.1, 0.15) is 0 Å². The van der Waals surface area contributed by atoms with Crippen molar-refractivity contribution in [1.29, 1.82) is 0 Å². The van der Waals surface area contributed by atoms with Crippen LogP contribution in [0.1, 0.15) is 28.4 Å². The summed E-state index contributed by atoms with van der Waals surface area (Å²) in [6.07, 6.45) is 0. The second kappa shape index (κ2) is 7.88. The molecule has 0 fully saturated rings. The van der Waals surface area contributed by atoms with Crippen molar-refractivity contribution in [1.82, 2.24) is 5.32 Å². The lowest BCUT2D eigenvalue weighted by Crippen LogP contribution is -2.37. The Morgan fingerprint density at radius 2 is 1.72 bits per heavy atom. The zero-order valence-corrected chi connectivity index (χ0v) is 14.4. The Kier molecular flexibility index (Phi) is 5.85. The second-order valence-corrected chi connectivity index (χ2v) is 5.82. The lowest BCUT2D eigenvalue weighted by Gasteiger charge is -2.22. The highest BCUT2D eigenvalue weighted by atomic mass is 19.2. The van der Waals surface area contributed by atoms with Crippen LogP contribution in [0, 0.1) is 25.5 Å². The number of rotatable bonds is 5. The molecular formula is C19H20F2N2O2. The molecule has 0 bridgehead atoms. The SMILES string of the molecule is CC(=O)N(CCNC(=O)c1ccc(F)c(F)c1)c1ccc(C)c(C)c1. The van der Waals surface area contributed by atoms with Gasteiger partial charge in [0.2, 0.25) is 5.91 Å². The first-order valence-electron chi connectivity index (χ1n) is 7.88. The molecule has 2 amide bonds. The van der Waals surface area contributed by atoms with Crippen molar-refractivity contribution < 1.29 is 18.4 Å². The van der Waals surface area contributed by atoms with Gasteiger partial charge in [-0.3, -0.25) is 9.59 Å². The molecule has 0 saturated heterocycles. The number of nitrogens with one attached hydrogen (secondary N) is 1. The Hall–Kier alpha value is -2.76. The van der Waals surface area contributed by atoms with Crippen LogP contribution in [0.2, 0.25) is 0 Å². The molecule has 0 radical (unpaired) electrons. The summed E-state index contributed by atoms with van der Waals surface area (Å²) >= 11 is 0. The minimum Gasteiger partial charge on any atom is -0.350 e. The van der Waals surface area contributed by atoms with Crippen LogP contribution in [0.25, 0.3) is 0 Å². The Morgan fingerprint density at radius 3 is 2.32 bits per heavy atom. The third-order valence-corrected chi connectivity index (χ3v) is 3.99. The van der Waals surface area contributed by atoms with Gasteiger partial charge in [0.25, 0.3) is 5.91 Å². The van der Waals surface area contributed by atoms with Crippen molar-refractivity contribution in [3.05, 3.63) is 64.7 Å². The fourth-order valence-electron chi connectivity index (χ4n) is 2.38. The molecule has 0 aliphatic carbocycles. The molecule has 0 aliphatic rings. The first-order chi connectivity index (χ1) is 11.8. The molecule has 132 valence electrons. The van der Waals surface area contributed by atoms with Gasteiger partial charge in [-0.15, -0.1) is 0 Å². The van der Waals surface area contributed by atoms with E-state index in [-0.39, 0.29) is 24.6 Å². The average Bonchev–Trinajstić information content (AvgIpc) is 2.56. The van der Waals surface area contributed by atoms with Crippen LogP contribution < -0.4 is 10.2 Å². The van der Waals surface area contributed by atoms with Crippen molar-refractivity contribution in [3.8, 4) is 0 Å². The van der Waals surface area contributed by atoms with Gasteiger partial charge in [-0.1, -0.05) is 6.07 Å². The summed E-state index contributed by atoms with van der Waals surface area (Å²) in [6, 6.07) is 8.65. The molecule has 0 spiro atoms. The number of hydrogen-bond acceptors (Lipinski definition) is 2. The minimum absolute atomic E-state index is 0.0273. The zero-order valence-electron chi connectivity index (χ0n) is 14.4. The standard InChI is InChI=1S/C19H20F2N2O2/c1-12-4-6-16(10-13(12)2)23(14(3)24)9-8-22-19(25)15-5-7-17(20)18(21)11-15/h4-7,10-11H,8-9H2,1-3H3,(H,22,25). The largest absolute Gasteiger partial charge is 0.350 e. The number of hydrogen-bond donors (Lipinski definition) is 1. The molecule has 0 atom stereocenters. The van der Waals surface area contributed by atoms with Gasteiger partial charge in [-0.2, -0.15) is 0 Å². The van der Waals surface area contributed by atoms with Crippen LogP contribution in [-0.2, 0) is 4.79 Å². The highest BCUT2D eigenvalue weighted by Gasteiger charge is 2.14. The van der Waals surface area contributed by atoms with Gasteiger partial charge in [0, 0.05) is 31.3 Å². The van der Waals surface area contributed by atoms with Crippen LogP contribution >= 0.6 is 0 Å². The van der Waals surface area contributed by atoms with Crippen LogP contribution in [0.3, 0.4) is 0 Å². The molecular weight excluding hydrogens is 326 g/mol. The fourth-order valence-corrected chi connectivity index (χ4v) is 2.38. The van der Waals surface area contributed by atoms with E-state index in [0.29, 0.717) is 0 Å². The molecule has 1 N–H and O–H groups in total. The summed E-state index contributed by atoms with van der Waals surface area (Å²) in [5.74, 6) is -2.75. The van der Waals surface area contributed by atoms with E-state index in [1.807, 2.05) is 32.0 Å². The van der Waals surface area contributed by atoms with Crippen LogP contribution in [0.5, 0.6) is 0 Å². The number of halogens is 2. The summed E-state index contributed by atoms with van der Waals surface area (Å²) in [5, 5.41) is 2.60. The van der Waals surface area contributed by atoms with Crippen LogP contribution in [-0.4, -0.2) is 24.9 Å². The van der Waals surface area contributed by atoms with E-state index in [2.05, 4.69) is 5.32 Å². The number of anilines is 1. The van der Waals surface area contributed by atoms with E-state index >= 15 is 0 Å². The van der Waals surface area contributed by atoms with Gasteiger partial charge >= 0.3 is 0 Å². The van der Waals surface area contributed by atoms with Crippen LogP contribution in [0.15, 0.2) is 36.4 Å². The molecule has 2 aromatic carbocycles. The number of carbonyl (C=O) groups excluding carboxylic acids is 2. The van der Waals surface area contributed by atoms with Gasteiger partial charge in [-0.05, 0) is 55.3 Å². The van der Waals surface area contributed by atoms with E-state index in [0.717, 1.165) is 28.9 Å². The molecule has 4 nitrogen and oxygen atoms in total. The van der Waals surface area contributed by atoms with Crippen LogP contribution in [0.4, 0.5) is 14.5 Å². The molecule has 0 heterocycles. The molecule has 0 saturated carbocycles. The monoisotopic (exact) mass is 346 g/mol. The maximum atomic E-state index is 13.2. The Morgan fingerprint density at radius 1 is 1.00 bits per heavy atom. The van der Waals surface area contributed by atoms with Crippen molar-refractivity contribution in [2.45, 2.75) is 20.8 Å². The normalized spacial score (nSPS) is 10.4. The van der Waals surface area contributed by atoms with E-state index < -0.39 is 17.5 Å². The number of amides is 2. The summed E-state index contributed by atoms with van der Waals surface area (Å²) in [6.45, 7) is 5.85. The predicted octanol–water partition coefficient (Wildman–Crippen LogP) is 3.36. The molecule has 2 rings (SSSR count). The fraction of sp³-hybridized carbons (Fsp3) is 0.263. The van der Waals surface area contributed by atoms with Gasteiger partial charge in [0.05, 0.1) is 0 Å². The maximum absolute atomic E-state index is 13.2. The lowest BCUT2D eigenvalue weighted by atomic mass is 10.1. The van der Waals surface area contributed by atoms with Gasteiger partial charge in [-0.25, -0.2) is 8.78 Å². The summed E-state index contributed by atoms with van der Waals surface area (Å²) in [7, 11) is 0. The molecule has 0 aromatic heterocycles. The Bertz CT molecular complexity index is 806. The molecule has 25 heavy (non-hydrogen) atoms. The summed E-state index contributed by atoms with van der Waals surface area (Å²) in [5.41, 5.74) is 2.96. The first-order valence-corrected chi connectivity index (χ1v) is 7.88. The van der Waals surface area contributed by atoms with Gasteiger partial charge in [0.15, 0.2) is 11.6 Å². The first kappa shape index (κ1) is 18.6. The number of aryl methyl sites for hydroxylation is 2. The number of nitrogens with zero attached hydrogens (tertiary/aromatic N) is 1. The van der Waals surface area contributed by atoms with Crippen molar-refractivity contribution in [3.63, 3.8) is 0 Å². The van der Waals surface area contributed by atoms with Crippen molar-refractivity contribution in [2.24, 2.45) is 0 Å². The lowest BCUT2D eigenvalue weighted by molar-refractivity contribution is -0.116. The van der Waals surface area contributed by atoms with Crippen molar-refractivity contribution >= 4 is 17.5 Å². The van der Waals surface area contributed by atoms with E-state index in [1.165, 1.54) is 13.0 Å². The smallest absolute Gasteiger partial charge is 0.251 e. The average molecular weight is 346 g/mol. The highest BCUT2D eigenvalue weighted by molar-refractivity contribution is 5.94. The molecule has 2 aromatic rings. The topological polar surface area (TPSA) is 49.4 Å². The highest BCUT2D eigenvalue weighted by Crippen LogP contribution is 2.18. The van der Waals surface area contributed by atoms with Crippen molar-refractivity contribution in [2.75, 3.05) is 18.0 Å². The molecule has 0 unspecified atom stereocenters. The minimum atomic E-state index is -1.08. The maximum Gasteiger partial charge on any atom is 0.251 e.